The first kappa shape index (κ1) is 9.65. The van der Waals surface area contributed by atoms with Crippen molar-refractivity contribution in [3.63, 3.8) is 0 Å². The summed E-state index contributed by atoms with van der Waals surface area (Å²) in [5, 5.41) is 5.04. The molecule has 4 heteroatoms. The Labute approximate surface area is 88.0 Å². The highest BCUT2D eigenvalue weighted by atomic mass is 32.2. The quantitative estimate of drug-likeness (QED) is 0.831. The van der Waals surface area contributed by atoms with Gasteiger partial charge in [0, 0.05) is 17.4 Å². The molecule has 14 heavy (non-hydrogen) atoms. The molecule has 1 N–H and O–H groups in total. The highest BCUT2D eigenvalue weighted by Gasteiger charge is 2.16. The van der Waals surface area contributed by atoms with Crippen LogP contribution in [0.3, 0.4) is 0 Å². The van der Waals surface area contributed by atoms with Gasteiger partial charge in [0.2, 0.25) is 0 Å². The standard InChI is InChI=1S/C10H14N2OS/c1-2-9-6-12-10(14-9)11-5-8-3-4-13-7-8/h3-4,7,9H,2,5-6H2,1H3,(H,11,12). The summed E-state index contributed by atoms with van der Waals surface area (Å²) in [7, 11) is 0. The Bertz CT molecular complexity index is 308. The molecule has 76 valence electrons. The number of aliphatic imine (C=N–C) groups is 1. The minimum absolute atomic E-state index is 0.668. The number of nitrogens with zero attached hydrogens (tertiary/aromatic N) is 1. The first-order valence-corrected chi connectivity index (χ1v) is 5.72. The third kappa shape index (κ3) is 2.32. The lowest BCUT2D eigenvalue weighted by atomic mass is 10.3. The number of thioether (sulfide) groups is 1. The van der Waals surface area contributed by atoms with Gasteiger partial charge in [0.15, 0.2) is 5.17 Å². The van der Waals surface area contributed by atoms with Crippen molar-refractivity contribution in [1.29, 1.82) is 0 Å². The lowest BCUT2D eigenvalue weighted by Gasteiger charge is -2.05. The molecule has 0 spiro atoms. The van der Waals surface area contributed by atoms with Crippen molar-refractivity contribution >= 4 is 16.9 Å². The second-order valence-corrected chi connectivity index (χ2v) is 4.57. The summed E-state index contributed by atoms with van der Waals surface area (Å²) < 4.78 is 4.99. The first-order valence-electron chi connectivity index (χ1n) is 4.84. The molecule has 0 aromatic carbocycles. The molecule has 1 aromatic heterocycles. The fourth-order valence-electron chi connectivity index (χ4n) is 1.30. The van der Waals surface area contributed by atoms with Gasteiger partial charge in [0.05, 0.1) is 19.1 Å². The third-order valence-corrected chi connectivity index (χ3v) is 3.51. The lowest BCUT2D eigenvalue weighted by molar-refractivity contribution is 0.563. The molecule has 3 nitrogen and oxygen atoms in total. The van der Waals surface area contributed by atoms with Crippen LogP contribution in [0.15, 0.2) is 28.0 Å². The van der Waals surface area contributed by atoms with Gasteiger partial charge in [-0.05, 0) is 12.5 Å². The van der Waals surface area contributed by atoms with Gasteiger partial charge in [0.25, 0.3) is 0 Å². The Morgan fingerprint density at radius 2 is 2.64 bits per heavy atom. The number of hydrogen-bond acceptors (Lipinski definition) is 4. The molecule has 0 saturated carbocycles. The smallest absolute Gasteiger partial charge is 0.157 e. The van der Waals surface area contributed by atoms with Gasteiger partial charge in [0.1, 0.15) is 0 Å². The molecule has 0 saturated heterocycles. The van der Waals surface area contributed by atoms with Crippen LogP contribution in [0.4, 0.5) is 0 Å². The molecule has 1 unspecified atom stereocenters. The van der Waals surface area contributed by atoms with Crippen molar-refractivity contribution < 1.29 is 4.42 Å². The molecule has 0 bridgehead atoms. The van der Waals surface area contributed by atoms with Crippen LogP contribution in [-0.4, -0.2) is 17.0 Å². The van der Waals surface area contributed by atoms with Crippen LogP contribution in [0.5, 0.6) is 0 Å². The van der Waals surface area contributed by atoms with Crippen LogP contribution in [0.25, 0.3) is 0 Å². The molecular formula is C10H14N2OS. The Balaban J connectivity index is 1.77. The molecule has 1 atom stereocenters. The van der Waals surface area contributed by atoms with Crippen molar-refractivity contribution in [2.75, 3.05) is 6.54 Å². The minimum Gasteiger partial charge on any atom is -0.472 e. The molecular weight excluding hydrogens is 196 g/mol. The summed E-state index contributed by atoms with van der Waals surface area (Å²) in [5.41, 5.74) is 1.16. The van der Waals surface area contributed by atoms with Crippen LogP contribution in [0, 0.1) is 0 Å². The first-order chi connectivity index (χ1) is 6.88. The van der Waals surface area contributed by atoms with E-state index in [9.17, 15) is 0 Å². The second kappa shape index (κ2) is 4.55. The van der Waals surface area contributed by atoms with E-state index in [4.69, 9.17) is 4.42 Å². The molecule has 0 amide bonds. The van der Waals surface area contributed by atoms with Crippen LogP contribution in [0.2, 0.25) is 0 Å². The normalized spacial score (nSPS) is 20.9. The van der Waals surface area contributed by atoms with E-state index >= 15 is 0 Å². The number of nitrogens with one attached hydrogen (secondary N) is 1. The predicted octanol–water partition coefficient (Wildman–Crippen LogP) is 2.25. The molecule has 1 aromatic rings. The fourth-order valence-corrected chi connectivity index (χ4v) is 2.23. The summed E-state index contributed by atoms with van der Waals surface area (Å²) in [6.45, 7) is 3.96. The molecule has 0 radical (unpaired) electrons. The van der Waals surface area contributed by atoms with Crippen LogP contribution in [-0.2, 0) is 6.54 Å². The van der Waals surface area contributed by atoms with E-state index in [0.717, 1.165) is 23.8 Å². The average Bonchev–Trinajstić information content (AvgIpc) is 2.86. The van der Waals surface area contributed by atoms with E-state index in [-0.39, 0.29) is 0 Å². The average molecular weight is 210 g/mol. The maximum absolute atomic E-state index is 4.99. The zero-order valence-electron chi connectivity index (χ0n) is 8.19. The van der Waals surface area contributed by atoms with Crippen molar-refractivity contribution in [2.45, 2.75) is 25.1 Å². The summed E-state index contributed by atoms with van der Waals surface area (Å²) in [4.78, 5) is 4.43. The van der Waals surface area contributed by atoms with E-state index in [0.29, 0.717) is 5.25 Å². The number of furan rings is 1. The molecule has 0 aliphatic carbocycles. The van der Waals surface area contributed by atoms with E-state index < -0.39 is 0 Å². The Morgan fingerprint density at radius 1 is 1.71 bits per heavy atom. The molecule has 2 rings (SSSR count). The lowest BCUT2D eigenvalue weighted by Crippen LogP contribution is -2.18. The largest absolute Gasteiger partial charge is 0.472 e. The van der Waals surface area contributed by atoms with E-state index in [1.807, 2.05) is 17.8 Å². The number of rotatable bonds is 3. The van der Waals surface area contributed by atoms with Gasteiger partial charge in [-0.1, -0.05) is 18.7 Å². The van der Waals surface area contributed by atoms with Crippen LogP contribution >= 0.6 is 11.8 Å². The molecule has 1 aliphatic heterocycles. The zero-order chi connectivity index (χ0) is 9.80. The SMILES string of the molecule is CCC1CN=C(NCc2ccoc2)S1. The summed E-state index contributed by atoms with van der Waals surface area (Å²) in [5.74, 6) is 0. The van der Waals surface area contributed by atoms with Gasteiger partial charge in [-0.25, -0.2) is 0 Å². The summed E-state index contributed by atoms with van der Waals surface area (Å²) >= 11 is 1.84. The third-order valence-electron chi connectivity index (χ3n) is 2.20. The van der Waals surface area contributed by atoms with Crippen LogP contribution in [0.1, 0.15) is 18.9 Å². The monoisotopic (exact) mass is 210 g/mol. The Morgan fingerprint density at radius 3 is 3.29 bits per heavy atom. The van der Waals surface area contributed by atoms with Gasteiger partial charge < -0.3 is 9.73 Å². The van der Waals surface area contributed by atoms with Crippen molar-refractivity contribution in [1.82, 2.24) is 5.32 Å². The number of hydrogen-bond donors (Lipinski definition) is 1. The highest BCUT2D eigenvalue weighted by molar-refractivity contribution is 8.14. The van der Waals surface area contributed by atoms with Crippen LogP contribution < -0.4 is 5.32 Å². The van der Waals surface area contributed by atoms with Crippen molar-refractivity contribution in [3.8, 4) is 0 Å². The zero-order valence-corrected chi connectivity index (χ0v) is 9.01. The van der Waals surface area contributed by atoms with E-state index in [2.05, 4.69) is 17.2 Å². The van der Waals surface area contributed by atoms with E-state index in [1.54, 1.807) is 12.5 Å². The number of amidine groups is 1. The van der Waals surface area contributed by atoms with E-state index in [1.165, 1.54) is 6.42 Å². The molecule has 2 heterocycles. The maximum atomic E-state index is 4.99. The fraction of sp³-hybridized carbons (Fsp3) is 0.500. The maximum Gasteiger partial charge on any atom is 0.157 e. The van der Waals surface area contributed by atoms with Gasteiger partial charge in [-0.15, -0.1) is 0 Å². The van der Waals surface area contributed by atoms with Gasteiger partial charge in [-0.3, -0.25) is 4.99 Å². The summed E-state index contributed by atoms with van der Waals surface area (Å²) in [6, 6.07) is 1.96. The summed E-state index contributed by atoms with van der Waals surface area (Å²) in [6.07, 6.45) is 4.63. The second-order valence-electron chi connectivity index (χ2n) is 3.28. The highest BCUT2D eigenvalue weighted by Crippen LogP contribution is 2.22. The minimum atomic E-state index is 0.668. The predicted molar refractivity (Wildman–Crippen MR) is 59.5 cm³/mol. The van der Waals surface area contributed by atoms with Gasteiger partial charge >= 0.3 is 0 Å². The Hall–Kier alpha value is -0.900. The molecule has 0 fully saturated rings. The van der Waals surface area contributed by atoms with Gasteiger partial charge in [-0.2, -0.15) is 0 Å². The van der Waals surface area contributed by atoms with Crippen molar-refractivity contribution in [3.05, 3.63) is 24.2 Å². The Kier molecular flexibility index (Phi) is 3.14. The molecule has 1 aliphatic rings. The topological polar surface area (TPSA) is 37.5 Å². The van der Waals surface area contributed by atoms with Crippen molar-refractivity contribution in [2.24, 2.45) is 4.99 Å².